The lowest BCUT2D eigenvalue weighted by atomic mass is 9.94. The SMILES string of the molecule is CCCCCCCOc1ccc(-c2ccccc2-c2ccc(F)c(F)c2)cc1. The van der Waals surface area contributed by atoms with Crippen LogP contribution in [0, 0.1) is 11.6 Å². The summed E-state index contributed by atoms with van der Waals surface area (Å²) in [5, 5.41) is 0. The van der Waals surface area contributed by atoms with Crippen molar-refractivity contribution < 1.29 is 13.5 Å². The van der Waals surface area contributed by atoms with Gasteiger partial charge in [-0.25, -0.2) is 8.78 Å². The number of halogens is 2. The Morgan fingerprint density at radius 3 is 2.00 bits per heavy atom. The fourth-order valence-electron chi connectivity index (χ4n) is 3.28. The van der Waals surface area contributed by atoms with Gasteiger partial charge in [0.2, 0.25) is 0 Å². The van der Waals surface area contributed by atoms with Crippen LogP contribution in [0.5, 0.6) is 5.75 Å². The summed E-state index contributed by atoms with van der Waals surface area (Å²) in [5.74, 6) is -0.822. The van der Waals surface area contributed by atoms with Crippen LogP contribution in [0.1, 0.15) is 39.0 Å². The van der Waals surface area contributed by atoms with Gasteiger partial charge in [0.05, 0.1) is 6.61 Å². The van der Waals surface area contributed by atoms with E-state index in [0.29, 0.717) is 5.56 Å². The van der Waals surface area contributed by atoms with Crippen molar-refractivity contribution >= 4 is 0 Å². The van der Waals surface area contributed by atoms with Gasteiger partial charge in [-0.3, -0.25) is 0 Å². The van der Waals surface area contributed by atoms with Crippen molar-refractivity contribution in [3.63, 3.8) is 0 Å². The Bertz CT molecular complexity index is 887. The number of benzene rings is 3. The maximum absolute atomic E-state index is 13.7. The number of hydrogen-bond donors (Lipinski definition) is 0. The molecule has 3 rings (SSSR count). The van der Waals surface area contributed by atoms with E-state index in [1.54, 1.807) is 6.07 Å². The average molecular weight is 380 g/mol. The van der Waals surface area contributed by atoms with E-state index >= 15 is 0 Å². The Morgan fingerprint density at radius 2 is 1.32 bits per heavy atom. The van der Waals surface area contributed by atoms with Gasteiger partial charge in [-0.15, -0.1) is 0 Å². The molecule has 28 heavy (non-hydrogen) atoms. The van der Waals surface area contributed by atoms with Crippen molar-refractivity contribution in [1.29, 1.82) is 0 Å². The van der Waals surface area contributed by atoms with Crippen LogP contribution in [0.25, 0.3) is 22.3 Å². The zero-order chi connectivity index (χ0) is 19.8. The van der Waals surface area contributed by atoms with Crippen LogP contribution in [0.3, 0.4) is 0 Å². The molecular formula is C25H26F2O. The van der Waals surface area contributed by atoms with Gasteiger partial charge in [-0.1, -0.05) is 75.1 Å². The van der Waals surface area contributed by atoms with Crippen LogP contribution in [-0.4, -0.2) is 6.61 Å². The van der Waals surface area contributed by atoms with Gasteiger partial charge in [-0.2, -0.15) is 0 Å². The van der Waals surface area contributed by atoms with E-state index in [4.69, 9.17) is 4.74 Å². The number of hydrogen-bond acceptors (Lipinski definition) is 1. The summed E-state index contributed by atoms with van der Waals surface area (Å²) in [6.07, 6.45) is 6.06. The lowest BCUT2D eigenvalue weighted by Crippen LogP contribution is -1.97. The minimum atomic E-state index is -0.838. The van der Waals surface area contributed by atoms with Gasteiger partial charge in [-0.05, 0) is 52.9 Å². The summed E-state index contributed by atoms with van der Waals surface area (Å²) in [5.41, 5.74) is 3.50. The number of ether oxygens (including phenoxy) is 1. The first-order valence-electron chi connectivity index (χ1n) is 9.96. The Labute approximate surface area is 166 Å². The van der Waals surface area contributed by atoms with Crippen molar-refractivity contribution in [2.45, 2.75) is 39.0 Å². The van der Waals surface area contributed by atoms with Crippen LogP contribution in [0.4, 0.5) is 8.78 Å². The van der Waals surface area contributed by atoms with Crippen LogP contribution < -0.4 is 4.74 Å². The van der Waals surface area contributed by atoms with Gasteiger partial charge < -0.3 is 4.74 Å². The van der Waals surface area contributed by atoms with Gasteiger partial charge in [0.1, 0.15) is 5.75 Å². The Morgan fingerprint density at radius 1 is 0.679 bits per heavy atom. The Hall–Kier alpha value is -2.68. The summed E-state index contributed by atoms with van der Waals surface area (Å²) in [7, 11) is 0. The molecule has 0 amide bonds. The third-order valence-electron chi connectivity index (χ3n) is 4.84. The molecule has 0 aliphatic carbocycles. The van der Waals surface area contributed by atoms with E-state index in [9.17, 15) is 8.78 Å². The van der Waals surface area contributed by atoms with Gasteiger partial charge in [0.25, 0.3) is 0 Å². The topological polar surface area (TPSA) is 9.23 Å². The van der Waals surface area contributed by atoms with Crippen LogP contribution in [-0.2, 0) is 0 Å². The highest BCUT2D eigenvalue weighted by Gasteiger charge is 2.10. The predicted molar refractivity (Wildman–Crippen MR) is 111 cm³/mol. The molecule has 0 heterocycles. The number of unbranched alkanes of at least 4 members (excludes halogenated alkanes) is 4. The molecule has 0 fully saturated rings. The van der Waals surface area contributed by atoms with Crippen LogP contribution >= 0.6 is 0 Å². The predicted octanol–water partition coefficient (Wildman–Crippen LogP) is 7.65. The molecule has 0 aromatic heterocycles. The molecule has 3 aromatic rings. The highest BCUT2D eigenvalue weighted by molar-refractivity contribution is 5.83. The second-order valence-electron chi connectivity index (χ2n) is 6.96. The molecule has 0 unspecified atom stereocenters. The second-order valence-corrected chi connectivity index (χ2v) is 6.96. The monoisotopic (exact) mass is 380 g/mol. The lowest BCUT2D eigenvalue weighted by molar-refractivity contribution is 0.304. The zero-order valence-electron chi connectivity index (χ0n) is 16.3. The van der Waals surface area contributed by atoms with Crippen LogP contribution in [0.15, 0.2) is 66.7 Å². The molecule has 3 heteroatoms. The average Bonchev–Trinajstić information content (AvgIpc) is 2.73. The maximum atomic E-state index is 13.7. The van der Waals surface area contributed by atoms with Gasteiger partial charge >= 0.3 is 0 Å². The maximum Gasteiger partial charge on any atom is 0.159 e. The third kappa shape index (κ3) is 5.19. The molecule has 0 atom stereocenters. The molecule has 1 nitrogen and oxygen atoms in total. The first kappa shape index (κ1) is 20.1. The van der Waals surface area contributed by atoms with E-state index in [1.807, 2.05) is 48.5 Å². The molecule has 0 saturated carbocycles. The van der Waals surface area contributed by atoms with Crippen molar-refractivity contribution in [1.82, 2.24) is 0 Å². The quantitative estimate of drug-likeness (QED) is 0.346. The summed E-state index contributed by atoms with van der Waals surface area (Å²) < 4.78 is 32.8. The van der Waals surface area contributed by atoms with E-state index in [2.05, 4.69) is 6.92 Å². The molecule has 146 valence electrons. The van der Waals surface area contributed by atoms with Crippen LogP contribution in [0.2, 0.25) is 0 Å². The smallest absolute Gasteiger partial charge is 0.159 e. The van der Waals surface area contributed by atoms with Crippen molar-refractivity contribution in [3.05, 3.63) is 78.4 Å². The third-order valence-corrected chi connectivity index (χ3v) is 4.84. The first-order chi connectivity index (χ1) is 13.7. The fourth-order valence-corrected chi connectivity index (χ4v) is 3.28. The molecule has 0 bridgehead atoms. The minimum absolute atomic E-state index is 0.655. The van der Waals surface area contributed by atoms with E-state index in [0.717, 1.165) is 35.5 Å². The molecule has 0 N–H and O–H groups in total. The summed E-state index contributed by atoms with van der Waals surface area (Å²) >= 11 is 0. The van der Waals surface area contributed by atoms with E-state index < -0.39 is 11.6 Å². The number of rotatable bonds is 9. The van der Waals surface area contributed by atoms with Crippen molar-refractivity contribution in [3.8, 4) is 28.0 Å². The van der Waals surface area contributed by atoms with E-state index in [1.165, 1.54) is 37.8 Å². The van der Waals surface area contributed by atoms with Gasteiger partial charge in [0, 0.05) is 0 Å². The molecule has 0 radical (unpaired) electrons. The molecule has 0 spiro atoms. The zero-order valence-corrected chi connectivity index (χ0v) is 16.3. The Kier molecular flexibility index (Phi) is 7.18. The molecule has 0 saturated heterocycles. The minimum Gasteiger partial charge on any atom is -0.494 e. The highest BCUT2D eigenvalue weighted by Crippen LogP contribution is 2.33. The largest absolute Gasteiger partial charge is 0.494 e. The standard InChI is InChI=1S/C25H26F2O/c1-2-3-4-5-8-17-28-21-14-11-19(12-15-21)22-9-6-7-10-23(22)20-13-16-24(26)25(27)18-20/h6-7,9-16,18H,2-5,8,17H2,1H3. The highest BCUT2D eigenvalue weighted by atomic mass is 19.2. The lowest BCUT2D eigenvalue weighted by Gasteiger charge is -2.12. The molecule has 0 aliphatic heterocycles. The first-order valence-corrected chi connectivity index (χ1v) is 9.96. The van der Waals surface area contributed by atoms with Gasteiger partial charge in [0.15, 0.2) is 11.6 Å². The Balaban J connectivity index is 1.71. The summed E-state index contributed by atoms with van der Waals surface area (Å²) in [4.78, 5) is 0. The normalized spacial score (nSPS) is 10.8. The fraction of sp³-hybridized carbons (Fsp3) is 0.280. The van der Waals surface area contributed by atoms with Crippen molar-refractivity contribution in [2.75, 3.05) is 6.61 Å². The van der Waals surface area contributed by atoms with Crippen molar-refractivity contribution in [2.24, 2.45) is 0 Å². The molecular weight excluding hydrogens is 354 g/mol. The molecule has 0 aliphatic rings. The summed E-state index contributed by atoms with van der Waals surface area (Å²) in [6, 6.07) is 19.7. The summed E-state index contributed by atoms with van der Waals surface area (Å²) in [6.45, 7) is 2.94. The second kappa shape index (κ2) is 10.0. The van der Waals surface area contributed by atoms with E-state index in [-0.39, 0.29) is 0 Å². The molecule has 3 aromatic carbocycles.